The lowest BCUT2D eigenvalue weighted by molar-refractivity contribution is 0.424. The van der Waals surface area contributed by atoms with E-state index in [4.69, 9.17) is 16.7 Å². The van der Waals surface area contributed by atoms with Crippen molar-refractivity contribution in [1.82, 2.24) is 29.1 Å². The molecule has 5 heterocycles. The minimum Gasteiger partial charge on any atom is -0.345 e. The van der Waals surface area contributed by atoms with Gasteiger partial charge in [0.2, 0.25) is 0 Å². The molecule has 0 radical (unpaired) electrons. The number of nitrogens with one attached hydrogen (secondary N) is 1. The summed E-state index contributed by atoms with van der Waals surface area (Å²) in [7, 11) is -1.21. The molecule has 174 valence electrons. The van der Waals surface area contributed by atoms with Gasteiger partial charge in [-0.3, -0.25) is 13.6 Å². The van der Waals surface area contributed by atoms with Crippen LogP contribution in [0.4, 0.5) is 5.82 Å². The molecule has 0 spiro atoms. The van der Waals surface area contributed by atoms with Crippen LogP contribution in [0, 0.1) is 0 Å². The molecule has 1 fully saturated rings. The van der Waals surface area contributed by atoms with Crippen LogP contribution in [0.15, 0.2) is 64.8 Å². The predicted octanol–water partition coefficient (Wildman–Crippen LogP) is 3.21. The number of aromatic nitrogens is 6. The number of para-hydroxylation sites is 1. The van der Waals surface area contributed by atoms with Crippen molar-refractivity contribution in [3.05, 3.63) is 76.3 Å². The lowest BCUT2D eigenvalue weighted by Crippen LogP contribution is -2.45. The average Bonchev–Trinajstić information content (AvgIpc) is 3.38. The van der Waals surface area contributed by atoms with Crippen LogP contribution in [0.2, 0.25) is 5.02 Å². The van der Waals surface area contributed by atoms with Crippen LogP contribution in [0.1, 0.15) is 18.3 Å². The van der Waals surface area contributed by atoms with Crippen molar-refractivity contribution < 1.29 is 4.21 Å². The SMILES string of the molecule is CS(=O)c1c[nH]c2ncnc(N3CC[C@H]3c3nn4ccc(Cl)c4c(=O)n3-c3ccccc3)c12.S. The molecule has 6 rings (SSSR count). The highest BCUT2D eigenvalue weighted by molar-refractivity contribution is 7.84. The van der Waals surface area contributed by atoms with Crippen LogP contribution in [0.3, 0.4) is 0 Å². The first kappa shape index (κ1) is 22.6. The molecular formula is C22H20ClN7O2S2. The molecule has 1 aromatic carbocycles. The smallest absolute Gasteiger partial charge is 0.284 e. The fourth-order valence-electron chi connectivity index (χ4n) is 4.36. The summed E-state index contributed by atoms with van der Waals surface area (Å²) in [4.78, 5) is 28.2. The number of hydrogen-bond acceptors (Lipinski definition) is 6. The molecule has 34 heavy (non-hydrogen) atoms. The van der Waals surface area contributed by atoms with Crippen LogP contribution < -0.4 is 10.5 Å². The molecule has 1 aliphatic heterocycles. The molecule has 2 atom stereocenters. The summed E-state index contributed by atoms with van der Waals surface area (Å²) in [6.45, 7) is 0.715. The number of nitrogens with zero attached hydrogens (tertiary/aromatic N) is 6. The highest BCUT2D eigenvalue weighted by Gasteiger charge is 2.37. The van der Waals surface area contributed by atoms with E-state index in [0.29, 0.717) is 45.0 Å². The van der Waals surface area contributed by atoms with Crippen LogP contribution >= 0.6 is 25.1 Å². The van der Waals surface area contributed by atoms with Gasteiger partial charge in [-0.05, 0) is 24.6 Å². The molecule has 0 bridgehead atoms. The summed E-state index contributed by atoms with van der Waals surface area (Å²) in [6, 6.07) is 10.9. The van der Waals surface area contributed by atoms with E-state index < -0.39 is 10.8 Å². The Morgan fingerprint density at radius 3 is 2.68 bits per heavy atom. The molecule has 9 nitrogen and oxygen atoms in total. The van der Waals surface area contributed by atoms with Gasteiger partial charge in [0, 0.05) is 25.2 Å². The second-order valence-corrected chi connectivity index (χ2v) is 9.57. The molecule has 1 aliphatic rings. The molecule has 4 aromatic heterocycles. The van der Waals surface area contributed by atoms with E-state index in [-0.39, 0.29) is 25.1 Å². The summed E-state index contributed by atoms with van der Waals surface area (Å²) >= 11 is 6.31. The number of benzene rings is 1. The van der Waals surface area contributed by atoms with Crippen molar-refractivity contribution in [3.8, 4) is 5.69 Å². The van der Waals surface area contributed by atoms with E-state index in [0.717, 1.165) is 11.8 Å². The number of aromatic amines is 1. The Kier molecular flexibility index (Phi) is 5.70. The molecule has 1 saturated heterocycles. The fraction of sp³-hybridized carbons (Fsp3) is 0.182. The Bertz CT molecular complexity index is 1610. The van der Waals surface area contributed by atoms with Crippen molar-refractivity contribution in [2.75, 3.05) is 17.7 Å². The van der Waals surface area contributed by atoms with Gasteiger partial charge in [-0.25, -0.2) is 14.5 Å². The Balaban J connectivity index is 0.00000241. The molecule has 0 aliphatic carbocycles. The third-order valence-corrected chi connectivity index (χ3v) is 7.24. The molecule has 5 aromatic rings. The summed E-state index contributed by atoms with van der Waals surface area (Å²) in [5.41, 5.74) is 1.42. The van der Waals surface area contributed by atoms with Crippen molar-refractivity contribution in [2.45, 2.75) is 17.4 Å². The first-order chi connectivity index (χ1) is 16.0. The van der Waals surface area contributed by atoms with Gasteiger partial charge in [0.05, 0.1) is 37.8 Å². The van der Waals surface area contributed by atoms with Gasteiger partial charge in [-0.2, -0.15) is 18.6 Å². The van der Waals surface area contributed by atoms with Crippen LogP contribution in [0.25, 0.3) is 22.2 Å². The zero-order valence-corrected chi connectivity index (χ0v) is 20.5. The number of H-pyrrole nitrogens is 1. The average molecular weight is 514 g/mol. The van der Waals surface area contributed by atoms with E-state index in [9.17, 15) is 9.00 Å². The standard InChI is InChI=1S/C22H18ClN7O2S.H2S/c1-33(32)16-11-24-19-17(16)21(26-12-25-19)28-9-8-15(28)20-27-29-10-7-14(23)18(29)22(31)30(20)13-5-3-2-4-6-13;/h2-7,10-12,15H,8-9H2,1H3,(H,24,25,26);1H2/t15-,33?;/m0./s1. The van der Waals surface area contributed by atoms with Crippen molar-refractivity contribution in [1.29, 1.82) is 0 Å². The molecule has 1 N–H and O–H groups in total. The zero-order valence-electron chi connectivity index (χ0n) is 18.0. The maximum atomic E-state index is 13.6. The van der Waals surface area contributed by atoms with Crippen molar-refractivity contribution in [3.63, 3.8) is 0 Å². The summed E-state index contributed by atoms with van der Waals surface area (Å²) < 4.78 is 15.5. The lowest BCUT2D eigenvalue weighted by Gasteiger charge is -2.42. The monoisotopic (exact) mass is 513 g/mol. The van der Waals surface area contributed by atoms with E-state index in [2.05, 4.69) is 19.9 Å². The first-order valence-corrected chi connectivity index (χ1v) is 12.3. The Morgan fingerprint density at radius 1 is 1.18 bits per heavy atom. The van der Waals surface area contributed by atoms with Crippen LogP contribution in [-0.4, -0.2) is 46.1 Å². The van der Waals surface area contributed by atoms with Gasteiger partial charge in [0.1, 0.15) is 23.3 Å². The third-order valence-electron chi connectivity index (χ3n) is 5.99. The third kappa shape index (κ3) is 3.34. The second kappa shape index (κ2) is 8.57. The first-order valence-electron chi connectivity index (χ1n) is 10.3. The van der Waals surface area contributed by atoms with Gasteiger partial charge in [0.15, 0.2) is 5.82 Å². The maximum absolute atomic E-state index is 13.6. The van der Waals surface area contributed by atoms with E-state index in [1.165, 1.54) is 10.8 Å². The summed E-state index contributed by atoms with van der Waals surface area (Å²) in [5.74, 6) is 1.25. The van der Waals surface area contributed by atoms with E-state index in [1.54, 1.807) is 29.3 Å². The van der Waals surface area contributed by atoms with Crippen molar-refractivity contribution in [2.24, 2.45) is 0 Å². The predicted molar refractivity (Wildman–Crippen MR) is 137 cm³/mol. The highest BCUT2D eigenvalue weighted by Crippen LogP contribution is 2.40. The Hall–Kier alpha value is -3.15. The quantitative estimate of drug-likeness (QED) is 0.396. The van der Waals surface area contributed by atoms with Crippen molar-refractivity contribution >= 4 is 58.3 Å². The highest BCUT2D eigenvalue weighted by atomic mass is 35.5. The molecular weight excluding hydrogens is 494 g/mol. The van der Waals surface area contributed by atoms with Gasteiger partial charge in [-0.15, -0.1) is 0 Å². The van der Waals surface area contributed by atoms with E-state index in [1.807, 2.05) is 30.3 Å². The molecule has 0 amide bonds. The molecule has 12 heteroatoms. The zero-order chi connectivity index (χ0) is 22.7. The van der Waals surface area contributed by atoms with Gasteiger partial charge in [0.25, 0.3) is 5.56 Å². The van der Waals surface area contributed by atoms with Gasteiger partial charge in [-0.1, -0.05) is 29.8 Å². The fourth-order valence-corrected chi connectivity index (χ4v) is 5.29. The number of rotatable bonds is 4. The Morgan fingerprint density at radius 2 is 1.97 bits per heavy atom. The van der Waals surface area contributed by atoms with Crippen LogP contribution in [-0.2, 0) is 10.8 Å². The lowest BCUT2D eigenvalue weighted by atomic mass is 10.0. The number of hydrogen-bond donors (Lipinski definition) is 1. The molecule has 0 saturated carbocycles. The number of halogens is 1. The minimum absolute atomic E-state index is 0. The topological polar surface area (TPSA) is 101 Å². The number of anilines is 1. The largest absolute Gasteiger partial charge is 0.345 e. The van der Waals surface area contributed by atoms with Gasteiger partial charge < -0.3 is 9.88 Å². The minimum atomic E-state index is -1.21. The normalized spacial score (nSPS) is 16.4. The molecule has 1 unspecified atom stereocenters. The summed E-state index contributed by atoms with van der Waals surface area (Å²) in [5, 5.41) is 5.88. The maximum Gasteiger partial charge on any atom is 0.284 e. The number of fused-ring (bicyclic) bond motifs is 2. The van der Waals surface area contributed by atoms with Crippen LogP contribution in [0.5, 0.6) is 0 Å². The summed E-state index contributed by atoms with van der Waals surface area (Å²) in [6.07, 6.45) is 7.29. The Labute approximate surface area is 208 Å². The van der Waals surface area contributed by atoms with E-state index >= 15 is 0 Å². The van der Waals surface area contributed by atoms with Gasteiger partial charge >= 0.3 is 0 Å². The second-order valence-electron chi connectivity index (χ2n) is 7.82.